The van der Waals surface area contributed by atoms with E-state index in [4.69, 9.17) is 5.11 Å². The van der Waals surface area contributed by atoms with Crippen LogP contribution in [0, 0.1) is 0 Å². The van der Waals surface area contributed by atoms with E-state index in [9.17, 15) is 4.79 Å². The van der Waals surface area contributed by atoms with Gasteiger partial charge >= 0.3 is 5.97 Å². The molecule has 0 saturated carbocycles. The topological polar surface area (TPSA) is 86.4 Å². The first-order valence-electron chi connectivity index (χ1n) is 5.84. The second-order valence-corrected chi connectivity index (χ2v) is 3.75. The van der Waals surface area contributed by atoms with Gasteiger partial charge < -0.3 is 5.11 Å². The summed E-state index contributed by atoms with van der Waals surface area (Å²) in [5, 5.41) is 20.2. The van der Waals surface area contributed by atoms with Crippen LogP contribution in [-0.2, 0) is 4.79 Å². The molecule has 100 valence electrons. The summed E-state index contributed by atoms with van der Waals surface area (Å²) in [6.07, 6.45) is 0. The molecule has 0 heterocycles. The number of azo groups is 1. The molecule has 0 unspecified atom stereocenters. The van der Waals surface area contributed by atoms with Gasteiger partial charge in [0, 0.05) is 0 Å². The minimum absolute atomic E-state index is 0.419. The Labute approximate surface area is 115 Å². The maximum Gasteiger partial charge on any atom is 0.377 e. The average Bonchev–Trinajstić information content (AvgIpc) is 2.49. The molecule has 2 N–H and O–H groups in total. The minimum atomic E-state index is -1.26. The summed E-state index contributed by atoms with van der Waals surface area (Å²) >= 11 is 0. The van der Waals surface area contributed by atoms with E-state index in [1.165, 1.54) is 0 Å². The standard InChI is InChI=1S/C14H12N4O2/c19-14(20)13(17-15-11-7-3-1-4-8-11)18-16-12-9-5-2-6-10-12/h1-10,15H,(H,19,20). The van der Waals surface area contributed by atoms with Crippen molar-refractivity contribution in [2.45, 2.75) is 0 Å². The molecule has 0 aliphatic rings. The summed E-state index contributed by atoms with van der Waals surface area (Å²) < 4.78 is 0. The van der Waals surface area contributed by atoms with Crippen molar-refractivity contribution in [1.29, 1.82) is 0 Å². The molecule has 2 aromatic carbocycles. The van der Waals surface area contributed by atoms with Crippen LogP contribution in [0.25, 0.3) is 0 Å². The fraction of sp³-hybridized carbons (Fsp3) is 0. The van der Waals surface area contributed by atoms with E-state index in [1.807, 2.05) is 24.3 Å². The van der Waals surface area contributed by atoms with Gasteiger partial charge in [-0.05, 0) is 24.3 Å². The summed E-state index contributed by atoms with van der Waals surface area (Å²) in [7, 11) is 0. The molecule has 0 radical (unpaired) electrons. The lowest BCUT2D eigenvalue weighted by atomic mass is 10.3. The molecular weight excluding hydrogens is 256 g/mol. The number of amidine groups is 1. The quantitative estimate of drug-likeness (QED) is 0.387. The third-order valence-electron chi connectivity index (χ3n) is 2.27. The lowest BCUT2D eigenvalue weighted by Crippen LogP contribution is -2.11. The van der Waals surface area contributed by atoms with Crippen molar-refractivity contribution in [2.24, 2.45) is 15.3 Å². The third-order valence-corrected chi connectivity index (χ3v) is 2.27. The normalized spacial score (nSPS) is 11.5. The summed E-state index contributed by atoms with van der Waals surface area (Å²) in [6.45, 7) is 0. The highest BCUT2D eigenvalue weighted by atomic mass is 16.4. The largest absolute Gasteiger partial charge is 0.475 e. The van der Waals surface area contributed by atoms with Crippen LogP contribution < -0.4 is 5.43 Å². The second kappa shape index (κ2) is 6.79. The average molecular weight is 268 g/mol. The number of nitrogens with zero attached hydrogens (tertiary/aromatic N) is 3. The van der Waals surface area contributed by atoms with Crippen molar-refractivity contribution in [3.63, 3.8) is 0 Å². The molecule has 0 aliphatic heterocycles. The van der Waals surface area contributed by atoms with Crippen LogP contribution in [0.4, 0.5) is 11.4 Å². The molecule has 0 fully saturated rings. The Balaban J connectivity index is 2.11. The smallest absolute Gasteiger partial charge is 0.377 e. The first kappa shape index (κ1) is 13.4. The Morgan fingerprint density at radius 1 is 0.950 bits per heavy atom. The van der Waals surface area contributed by atoms with Crippen molar-refractivity contribution in [3.8, 4) is 0 Å². The highest BCUT2D eigenvalue weighted by molar-refractivity contribution is 6.34. The number of anilines is 1. The number of hydrogen-bond acceptors (Lipinski definition) is 4. The van der Waals surface area contributed by atoms with E-state index in [2.05, 4.69) is 20.8 Å². The zero-order valence-electron chi connectivity index (χ0n) is 10.5. The number of hydrogen-bond donors (Lipinski definition) is 2. The van der Waals surface area contributed by atoms with Gasteiger partial charge in [-0.1, -0.05) is 36.4 Å². The number of carbonyl (C=O) groups is 1. The van der Waals surface area contributed by atoms with Gasteiger partial charge in [-0.15, -0.1) is 15.3 Å². The zero-order chi connectivity index (χ0) is 14.2. The van der Waals surface area contributed by atoms with Crippen molar-refractivity contribution in [3.05, 3.63) is 60.7 Å². The van der Waals surface area contributed by atoms with Gasteiger partial charge in [0.25, 0.3) is 5.84 Å². The number of aliphatic carboxylic acids is 1. The summed E-state index contributed by atoms with van der Waals surface area (Å²) in [4.78, 5) is 11.0. The molecule has 0 bridgehead atoms. The lowest BCUT2D eigenvalue weighted by Gasteiger charge is -1.99. The summed E-state index contributed by atoms with van der Waals surface area (Å²) in [5.74, 6) is -1.68. The molecule has 2 rings (SSSR count). The number of rotatable bonds is 3. The van der Waals surface area contributed by atoms with Crippen LogP contribution in [0.15, 0.2) is 76.0 Å². The zero-order valence-corrected chi connectivity index (χ0v) is 10.5. The number of hydrazone groups is 1. The highest BCUT2D eigenvalue weighted by Gasteiger charge is 2.08. The van der Waals surface area contributed by atoms with Crippen molar-refractivity contribution >= 4 is 23.2 Å². The Morgan fingerprint density at radius 3 is 2.15 bits per heavy atom. The van der Waals surface area contributed by atoms with E-state index in [0.29, 0.717) is 11.4 Å². The molecular formula is C14H12N4O2. The van der Waals surface area contributed by atoms with Crippen LogP contribution in [0.5, 0.6) is 0 Å². The van der Waals surface area contributed by atoms with E-state index < -0.39 is 11.8 Å². The molecule has 6 heteroatoms. The number of benzene rings is 2. The third kappa shape index (κ3) is 4.02. The molecule has 0 amide bonds. The Morgan fingerprint density at radius 2 is 1.55 bits per heavy atom. The molecule has 20 heavy (non-hydrogen) atoms. The van der Waals surface area contributed by atoms with Crippen molar-refractivity contribution in [1.82, 2.24) is 0 Å². The van der Waals surface area contributed by atoms with E-state index in [-0.39, 0.29) is 0 Å². The van der Waals surface area contributed by atoms with Crippen LogP contribution in [0.2, 0.25) is 0 Å². The van der Waals surface area contributed by atoms with Gasteiger partial charge in [0.15, 0.2) is 0 Å². The number of carboxylic acid groups (broad SMARTS) is 1. The van der Waals surface area contributed by atoms with Crippen LogP contribution in [0.1, 0.15) is 0 Å². The molecule has 0 atom stereocenters. The fourth-order valence-electron chi connectivity index (χ4n) is 1.34. The molecule has 0 aromatic heterocycles. The SMILES string of the molecule is O=C(O)C(N=Nc1ccccc1)=NNc1ccccc1. The first-order valence-corrected chi connectivity index (χ1v) is 5.84. The van der Waals surface area contributed by atoms with Crippen LogP contribution in [-0.4, -0.2) is 16.9 Å². The molecule has 6 nitrogen and oxygen atoms in total. The van der Waals surface area contributed by atoms with Gasteiger partial charge in [-0.2, -0.15) is 0 Å². The van der Waals surface area contributed by atoms with E-state index >= 15 is 0 Å². The molecule has 0 saturated heterocycles. The predicted octanol–water partition coefficient (Wildman–Crippen LogP) is 3.28. The predicted molar refractivity (Wildman–Crippen MR) is 76.1 cm³/mol. The molecule has 2 aromatic rings. The highest BCUT2D eigenvalue weighted by Crippen LogP contribution is 2.10. The van der Waals surface area contributed by atoms with E-state index in [0.717, 1.165) is 0 Å². The monoisotopic (exact) mass is 268 g/mol. The number of carboxylic acids is 1. The lowest BCUT2D eigenvalue weighted by molar-refractivity contribution is -0.129. The van der Waals surface area contributed by atoms with E-state index in [1.54, 1.807) is 36.4 Å². The molecule has 0 aliphatic carbocycles. The number of nitrogens with one attached hydrogen (secondary N) is 1. The Kier molecular flexibility index (Phi) is 4.55. The maximum absolute atomic E-state index is 11.0. The minimum Gasteiger partial charge on any atom is -0.475 e. The van der Waals surface area contributed by atoms with Gasteiger partial charge in [0.05, 0.1) is 11.4 Å². The van der Waals surface area contributed by atoms with Gasteiger partial charge in [-0.25, -0.2) is 4.79 Å². The Bertz CT molecular complexity index is 624. The Hall–Kier alpha value is -3.02. The van der Waals surface area contributed by atoms with Crippen LogP contribution >= 0.6 is 0 Å². The number of para-hydroxylation sites is 1. The van der Waals surface area contributed by atoms with Gasteiger partial charge in [0.2, 0.25) is 0 Å². The fourth-order valence-corrected chi connectivity index (χ4v) is 1.34. The van der Waals surface area contributed by atoms with Gasteiger partial charge in [-0.3, -0.25) is 5.43 Å². The first-order chi connectivity index (χ1) is 9.75. The van der Waals surface area contributed by atoms with Gasteiger partial charge in [0.1, 0.15) is 0 Å². The summed E-state index contributed by atoms with van der Waals surface area (Å²) in [6, 6.07) is 17.8. The second-order valence-electron chi connectivity index (χ2n) is 3.75. The van der Waals surface area contributed by atoms with Crippen LogP contribution in [0.3, 0.4) is 0 Å². The van der Waals surface area contributed by atoms with Crippen molar-refractivity contribution in [2.75, 3.05) is 5.43 Å². The van der Waals surface area contributed by atoms with Crippen molar-refractivity contribution < 1.29 is 9.90 Å². The molecule has 0 spiro atoms. The summed E-state index contributed by atoms with van der Waals surface area (Å²) in [5.41, 5.74) is 3.84. The maximum atomic E-state index is 11.0.